The predicted octanol–water partition coefficient (Wildman–Crippen LogP) is 3.65. The molecule has 2 atom stereocenters. The molecule has 0 spiro atoms. The Labute approximate surface area is 170 Å². The average Bonchev–Trinajstić information content (AvgIpc) is 2.78. The minimum Gasteiger partial charge on any atom is -0.386 e. The molecule has 1 N–H and O–H groups in total. The van der Waals surface area contributed by atoms with Gasteiger partial charge in [-0.15, -0.1) is 0 Å². The Morgan fingerprint density at radius 3 is 2.45 bits per heavy atom. The molecule has 1 saturated heterocycles. The number of thiocarbonyl (C=S) groups is 1. The van der Waals surface area contributed by atoms with Gasteiger partial charge in [0.15, 0.2) is 5.11 Å². The highest BCUT2D eigenvalue weighted by atomic mass is 32.1. The van der Waals surface area contributed by atoms with Crippen LogP contribution in [0.3, 0.4) is 0 Å². The Hall–Kier alpha value is -2.51. The summed E-state index contributed by atoms with van der Waals surface area (Å²) in [4.78, 5) is 15.2. The number of amides is 1. The van der Waals surface area contributed by atoms with Crippen LogP contribution in [0.25, 0.3) is 0 Å². The zero-order valence-electron chi connectivity index (χ0n) is 16.1. The molecular formula is C19H19F4N3O2S. The molecule has 1 aliphatic carbocycles. The first-order valence-corrected chi connectivity index (χ1v) is 8.91. The molecule has 1 heterocycles. The number of allylic oxidation sites excluding steroid dienone is 5. The first kappa shape index (κ1) is 22.8. The second-order valence-corrected chi connectivity index (χ2v) is 7.50. The fourth-order valence-electron chi connectivity index (χ4n) is 3.05. The summed E-state index contributed by atoms with van der Waals surface area (Å²) >= 11 is 5.32. The second-order valence-electron chi connectivity index (χ2n) is 7.14. The van der Waals surface area contributed by atoms with Gasteiger partial charge in [-0.05, 0) is 58.1 Å². The molecule has 156 valence electrons. The standard InChI is InChI=1S/C19H19F4N3O2S/c1-10(9-24)13(19(21,22)23)7-11(2)25-16(28)18(3,4)26(17(25)29)12-5-6-15(27)14(20)8-12/h5-8,14-15,27H,1-4H3/b11-7+,13-10-. The van der Waals surface area contributed by atoms with Crippen LogP contribution in [-0.4, -0.2) is 49.9 Å². The van der Waals surface area contributed by atoms with E-state index in [1.165, 1.54) is 43.9 Å². The molecule has 2 aliphatic rings. The highest BCUT2D eigenvalue weighted by Gasteiger charge is 2.51. The van der Waals surface area contributed by atoms with Crippen molar-refractivity contribution in [2.24, 2.45) is 0 Å². The molecule has 0 saturated carbocycles. The SMILES string of the molecule is C/C(C#N)=C(\C=C(/C)N1C(=O)C(C)(C)N(C2=CC(F)C(O)C=C2)C1=S)C(F)(F)F. The maximum Gasteiger partial charge on any atom is 0.417 e. The van der Waals surface area contributed by atoms with Gasteiger partial charge < -0.3 is 10.0 Å². The average molecular weight is 429 g/mol. The Kier molecular flexibility index (Phi) is 6.07. The zero-order valence-corrected chi connectivity index (χ0v) is 16.9. The lowest BCUT2D eigenvalue weighted by molar-refractivity contribution is -0.130. The summed E-state index contributed by atoms with van der Waals surface area (Å²) in [5, 5.41) is 18.2. The molecule has 0 radical (unpaired) electrons. The number of carbonyl (C=O) groups excluding carboxylic acids is 1. The summed E-state index contributed by atoms with van der Waals surface area (Å²) < 4.78 is 53.9. The number of rotatable bonds is 3. The van der Waals surface area contributed by atoms with E-state index in [0.717, 1.165) is 17.9 Å². The summed E-state index contributed by atoms with van der Waals surface area (Å²) in [5.41, 5.74) is -2.97. The monoisotopic (exact) mass is 429 g/mol. The van der Waals surface area contributed by atoms with Gasteiger partial charge in [-0.1, -0.05) is 6.08 Å². The third-order valence-electron chi connectivity index (χ3n) is 4.63. The minimum absolute atomic E-state index is 0.130. The molecule has 1 fully saturated rings. The number of hydrogen-bond acceptors (Lipinski definition) is 4. The smallest absolute Gasteiger partial charge is 0.386 e. The third-order valence-corrected chi connectivity index (χ3v) is 4.99. The van der Waals surface area contributed by atoms with E-state index in [2.05, 4.69) is 0 Å². The quantitative estimate of drug-likeness (QED) is 0.321. The normalized spacial score (nSPS) is 25.8. The van der Waals surface area contributed by atoms with E-state index in [1.54, 1.807) is 0 Å². The molecule has 5 nitrogen and oxygen atoms in total. The molecule has 2 rings (SSSR count). The summed E-state index contributed by atoms with van der Waals surface area (Å²) in [6.07, 6.45) is -3.47. The van der Waals surface area contributed by atoms with Gasteiger partial charge in [0, 0.05) is 17.0 Å². The molecule has 1 amide bonds. The number of carbonyl (C=O) groups is 1. The number of nitriles is 1. The number of aliphatic hydroxyl groups excluding tert-OH is 1. The van der Waals surface area contributed by atoms with E-state index < -0.39 is 41.0 Å². The minimum atomic E-state index is -4.80. The van der Waals surface area contributed by atoms with E-state index in [9.17, 15) is 27.5 Å². The Morgan fingerprint density at radius 1 is 1.38 bits per heavy atom. The number of halogens is 4. The van der Waals surface area contributed by atoms with Crippen LogP contribution in [0, 0.1) is 11.3 Å². The first-order valence-electron chi connectivity index (χ1n) is 8.50. The lowest BCUT2D eigenvalue weighted by Crippen LogP contribution is -2.44. The maximum atomic E-state index is 13.9. The van der Waals surface area contributed by atoms with E-state index in [0.29, 0.717) is 6.08 Å². The van der Waals surface area contributed by atoms with E-state index in [1.807, 2.05) is 0 Å². The first-order chi connectivity index (χ1) is 13.2. The predicted molar refractivity (Wildman–Crippen MR) is 102 cm³/mol. The topological polar surface area (TPSA) is 67.6 Å². The molecule has 29 heavy (non-hydrogen) atoms. The van der Waals surface area contributed by atoms with Crippen LogP contribution in [0.1, 0.15) is 27.7 Å². The highest BCUT2D eigenvalue weighted by Crippen LogP contribution is 2.37. The van der Waals surface area contributed by atoms with Gasteiger partial charge in [0.2, 0.25) is 0 Å². The van der Waals surface area contributed by atoms with Crippen molar-refractivity contribution in [2.45, 2.75) is 51.7 Å². The van der Waals surface area contributed by atoms with E-state index in [-0.39, 0.29) is 16.5 Å². The van der Waals surface area contributed by atoms with Crippen LogP contribution in [0.5, 0.6) is 0 Å². The molecule has 10 heteroatoms. The van der Waals surface area contributed by atoms with E-state index in [4.69, 9.17) is 17.5 Å². The second kappa shape index (κ2) is 7.72. The molecule has 1 aliphatic heterocycles. The summed E-state index contributed by atoms with van der Waals surface area (Å²) in [6.45, 7) is 5.30. The van der Waals surface area contributed by atoms with E-state index >= 15 is 0 Å². The van der Waals surface area contributed by atoms with Crippen molar-refractivity contribution < 1.29 is 27.5 Å². The van der Waals surface area contributed by atoms with Crippen LogP contribution < -0.4 is 0 Å². The Bertz CT molecular complexity index is 909. The van der Waals surface area contributed by atoms with Crippen molar-refractivity contribution in [3.05, 3.63) is 46.8 Å². The van der Waals surface area contributed by atoms with Crippen molar-refractivity contribution >= 4 is 23.2 Å². The van der Waals surface area contributed by atoms with Gasteiger partial charge >= 0.3 is 6.18 Å². The fourth-order valence-corrected chi connectivity index (χ4v) is 3.61. The van der Waals surface area contributed by atoms with Crippen LogP contribution >= 0.6 is 12.2 Å². The van der Waals surface area contributed by atoms with Gasteiger partial charge in [0.1, 0.15) is 17.8 Å². The Balaban J connectivity index is 2.52. The lowest BCUT2D eigenvalue weighted by Gasteiger charge is -2.32. The van der Waals surface area contributed by atoms with Crippen LogP contribution in [0.4, 0.5) is 17.6 Å². The molecule has 0 bridgehead atoms. The summed E-state index contributed by atoms with van der Waals surface area (Å²) in [6, 6.07) is 1.46. The number of alkyl halides is 4. The lowest BCUT2D eigenvalue weighted by atomic mass is 10.00. The largest absolute Gasteiger partial charge is 0.417 e. The van der Waals surface area contributed by atoms with Gasteiger partial charge in [-0.2, -0.15) is 18.4 Å². The van der Waals surface area contributed by atoms with Gasteiger partial charge in [-0.3, -0.25) is 9.69 Å². The van der Waals surface area contributed by atoms with Crippen LogP contribution in [-0.2, 0) is 4.79 Å². The maximum absolute atomic E-state index is 13.9. The number of hydrogen-bond donors (Lipinski definition) is 1. The van der Waals surface area contributed by atoms with Crippen molar-refractivity contribution in [1.82, 2.24) is 9.80 Å². The highest BCUT2D eigenvalue weighted by molar-refractivity contribution is 7.80. The van der Waals surface area contributed by atoms with Crippen molar-refractivity contribution in [2.75, 3.05) is 0 Å². The molecule has 0 aromatic rings. The van der Waals surface area contributed by atoms with Gasteiger partial charge in [0.05, 0.1) is 11.6 Å². The number of aliphatic hydroxyl groups is 1. The van der Waals surface area contributed by atoms with Crippen molar-refractivity contribution in [3.8, 4) is 6.07 Å². The Morgan fingerprint density at radius 2 is 1.97 bits per heavy atom. The third kappa shape index (κ3) is 4.11. The van der Waals surface area contributed by atoms with Crippen molar-refractivity contribution in [1.29, 1.82) is 5.26 Å². The molecular weight excluding hydrogens is 410 g/mol. The number of nitrogens with zero attached hydrogens (tertiary/aromatic N) is 3. The van der Waals surface area contributed by atoms with Crippen LogP contribution in [0.2, 0.25) is 0 Å². The van der Waals surface area contributed by atoms with Gasteiger partial charge in [0.25, 0.3) is 5.91 Å². The van der Waals surface area contributed by atoms with Crippen LogP contribution in [0.15, 0.2) is 46.8 Å². The molecule has 2 unspecified atom stereocenters. The summed E-state index contributed by atoms with van der Waals surface area (Å²) in [7, 11) is 0. The fraction of sp³-hybridized carbons (Fsp3) is 0.421. The van der Waals surface area contributed by atoms with Gasteiger partial charge in [-0.25, -0.2) is 4.39 Å². The molecule has 0 aromatic carbocycles. The summed E-state index contributed by atoms with van der Waals surface area (Å²) in [5.74, 6) is -0.608. The zero-order chi connectivity index (χ0) is 22.3. The molecule has 0 aromatic heterocycles. The van der Waals surface area contributed by atoms with Crippen molar-refractivity contribution in [3.63, 3.8) is 0 Å².